The fraction of sp³-hybridized carbons (Fsp3) is 0.667. The first-order valence-corrected chi connectivity index (χ1v) is 8.81. The maximum atomic E-state index is 12.5. The van der Waals surface area contributed by atoms with E-state index in [1.165, 1.54) is 5.56 Å². The molecule has 4 rings (SSSR count). The number of pyridine rings is 1. The van der Waals surface area contributed by atoms with Crippen molar-refractivity contribution in [2.45, 2.75) is 44.3 Å². The smallest absolute Gasteiger partial charge is 0.224 e. The minimum absolute atomic E-state index is 0.349. The van der Waals surface area contributed by atoms with Crippen molar-refractivity contribution in [3.05, 3.63) is 30.1 Å². The van der Waals surface area contributed by atoms with Gasteiger partial charge in [-0.1, -0.05) is 6.07 Å². The highest BCUT2D eigenvalue weighted by Crippen LogP contribution is 2.34. The summed E-state index contributed by atoms with van der Waals surface area (Å²) in [5, 5.41) is 0. The molecule has 0 bridgehead atoms. The summed E-state index contributed by atoms with van der Waals surface area (Å²) in [4.78, 5) is 21.4. The number of likely N-dealkylation sites (tertiary alicyclic amines) is 2. The van der Waals surface area contributed by atoms with Crippen LogP contribution in [0, 0.1) is 5.92 Å². The van der Waals surface area contributed by atoms with Gasteiger partial charge in [0.25, 0.3) is 0 Å². The van der Waals surface area contributed by atoms with Crippen LogP contribution in [-0.2, 0) is 16.1 Å². The molecule has 0 N–H and O–H groups in total. The van der Waals surface area contributed by atoms with Crippen molar-refractivity contribution in [1.29, 1.82) is 0 Å². The van der Waals surface area contributed by atoms with Crippen molar-refractivity contribution in [1.82, 2.24) is 14.8 Å². The predicted octanol–water partition coefficient (Wildman–Crippen LogP) is 1.68. The molecule has 3 aliphatic rings. The number of fused-ring (bicyclic) bond motifs is 1. The molecule has 1 aromatic rings. The van der Waals surface area contributed by atoms with Crippen LogP contribution in [0.15, 0.2) is 24.5 Å². The molecule has 4 heterocycles. The maximum absolute atomic E-state index is 12.5. The zero-order valence-electron chi connectivity index (χ0n) is 13.6. The van der Waals surface area contributed by atoms with Crippen molar-refractivity contribution in [2.75, 3.05) is 26.3 Å². The van der Waals surface area contributed by atoms with Crippen LogP contribution in [0.1, 0.15) is 31.2 Å². The van der Waals surface area contributed by atoms with Gasteiger partial charge >= 0.3 is 0 Å². The monoisotopic (exact) mass is 315 g/mol. The SMILES string of the molecule is O=C1C[C@H]2[C@@H](CCN2Cc2cccnc2)N1CC1CCOCC1. The number of hydrogen-bond acceptors (Lipinski definition) is 4. The molecule has 1 aromatic heterocycles. The van der Waals surface area contributed by atoms with Crippen molar-refractivity contribution in [2.24, 2.45) is 5.92 Å². The second kappa shape index (κ2) is 6.57. The van der Waals surface area contributed by atoms with E-state index in [0.29, 0.717) is 30.3 Å². The number of amides is 1. The van der Waals surface area contributed by atoms with Crippen molar-refractivity contribution >= 4 is 5.91 Å². The first-order chi connectivity index (χ1) is 11.3. The lowest BCUT2D eigenvalue weighted by atomic mass is 9.99. The Labute approximate surface area is 137 Å². The number of carbonyl (C=O) groups excluding carboxylic acids is 1. The van der Waals surface area contributed by atoms with Crippen molar-refractivity contribution in [3.63, 3.8) is 0 Å². The summed E-state index contributed by atoms with van der Waals surface area (Å²) >= 11 is 0. The van der Waals surface area contributed by atoms with Crippen LogP contribution >= 0.6 is 0 Å². The van der Waals surface area contributed by atoms with E-state index in [0.717, 1.165) is 52.1 Å². The summed E-state index contributed by atoms with van der Waals surface area (Å²) in [5.74, 6) is 0.973. The minimum atomic E-state index is 0.349. The molecule has 0 aliphatic carbocycles. The summed E-state index contributed by atoms with van der Waals surface area (Å²) in [6.45, 7) is 4.64. The van der Waals surface area contributed by atoms with Gasteiger partial charge < -0.3 is 9.64 Å². The van der Waals surface area contributed by atoms with Gasteiger partial charge in [-0.25, -0.2) is 0 Å². The van der Waals surface area contributed by atoms with Crippen LogP contribution in [0.4, 0.5) is 0 Å². The lowest BCUT2D eigenvalue weighted by molar-refractivity contribution is -0.130. The molecule has 0 spiro atoms. The molecule has 2 atom stereocenters. The number of rotatable bonds is 4. The van der Waals surface area contributed by atoms with Crippen molar-refractivity contribution in [3.8, 4) is 0 Å². The number of ether oxygens (including phenoxy) is 1. The fourth-order valence-corrected chi connectivity index (χ4v) is 4.38. The summed E-state index contributed by atoms with van der Waals surface area (Å²) < 4.78 is 5.44. The molecule has 124 valence electrons. The van der Waals surface area contributed by atoms with Gasteiger partial charge in [-0.05, 0) is 36.8 Å². The van der Waals surface area contributed by atoms with Gasteiger partial charge in [-0.2, -0.15) is 0 Å². The van der Waals surface area contributed by atoms with E-state index in [2.05, 4.69) is 20.9 Å². The largest absolute Gasteiger partial charge is 0.381 e. The van der Waals surface area contributed by atoms with Crippen LogP contribution in [0.25, 0.3) is 0 Å². The van der Waals surface area contributed by atoms with Crippen LogP contribution in [-0.4, -0.2) is 59.1 Å². The Morgan fingerprint density at radius 2 is 2.09 bits per heavy atom. The summed E-state index contributed by atoms with van der Waals surface area (Å²) in [6, 6.07) is 4.92. The van der Waals surface area contributed by atoms with E-state index in [1.54, 1.807) is 0 Å². The molecule has 0 saturated carbocycles. The molecule has 5 nitrogen and oxygen atoms in total. The Bertz CT molecular complexity index is 544. The van der Waals surface area contributed by atoms with Gasteiger partial charge in [0.05, 0.1) is 0 Å². The average Bonchev–Trinajstić information content (AvgIpc) is 3.10. The second-order valence-corrected chi connectivity index (χ2v) is 7.06. The van der Waals surface area contributed by atoms with Crippen LogP contribution < -0.4 is 0 Å². The highest BCUT2D eigenvalue weighted by Gasteiger charge is 2.46. The Morgan fingerprint density at radius 3 is 2.87 bits per heavy atom. The van der Waals surface area contributed by atoms with E-state index in [4.69, 9.17) is 4.74 Å². The van der Waals surface area contributed by atoms with Gasteiger partial charge in [-0.3, -0.25) is 14.7 Å². The molecule has 3 saturated heterocycles. The molecule has 0 unspecified atom stereocenters. The van der Waals surface area contributed by atoms with Crippen LogP contribution in [0.2, 0.25) is 0 Å². The molecule has 0 radical (unpaired) electrons. The van der Waals surface area contributed by atoms with Gasteiger partial charge in [0.15, 0.2) is 0 Å². The highest BCUT2D eigenvalue weighted by molar-refractivity contribution is 5.80. The topological polar surface area (TPSA) is 45.7 Å². The van der Waals surface area contributed by atoms with E-state index >= 15 is 0 Å². The summed E-state index contributed by atoms with van der Waals surface area (Å²) in [5.41, 5.74) is 1.24. The molecule has 3 fully saturated rings. The summed E-state index contributed by atoms with van der Waals surface area (Å²) in [6.07, 6.45) is 7.74. The third kappa shape index (κ3) is 3.12. The molecule has 3 aliphatic heterocycles. The minimum Gasteiger partial charge on any atom is -0.381 e. The Morgan fingerprint density at radius 1 is 1.22 bits per heavy atom. The fourth-order valence-electron chi connectivity index (χ4n) is 4.38. The number of aromatic nitrogens is 1. The third-order valence-electron chi connectivity index (χ3n) is 5.63. The molecule has 1 amide bonds. The predicted molar refractivity (Wildman–Crippen MR) is 86.7 cm³/mol. The van der Waals surface area contributed by atoms with Gasteiger partial charge in [-0.15, -0.1) is 0 Å². The normalized spacial score (nSPS) is 29.2. The lowest BCUT2D eigenvalue weighted by Crippen LogP contribution is -2.40. The third-order valence-corrected chi connectivity index (χ3v) is 5.63. The van der Waals surface area contributed by atoms with Crippen molar-refractivity contribution < 1.29 is 9.53 Å². The molecular weight excluding hydrogens is 290 g/mol. The first kappa shape index (κ1) is 15.1. The molecule has 23 heavy (non-hydrogen) atoms. The quantitative estimate of drug-likeness (QED) is 0.848. The van der Waals surface area contributed by atoms with E-state index in [-0.39, 0.29) is 0 Å². The molecule has 5 heteroatoms. The van der Waals surface area contributed by atoms with Gasteiger partial charge in [0, 0.05) is 63.7 Å². The number of hydrogen-bond donors (Lipinski definition) is 0. The maximum Gasteiger partial charge on any atom is 0.224 e. The highest BCUT2D eigenvalue weighted by atomic mass is 16.5. The Balaban J connectivity index is 1.40. The summed E-state index contributed by atoms with van der Waals surface area (Å²) in [7, 11) is 0. The second-order valence-electron chi connectivity index (χ2n) is 7.06. The zero-order valence-corrected chi connectivity index (χ0v) is 13.6. The van der Waals surface area contributed by atoms with E-state index < -0.39 is 0 Å². The average molecular weight is 315 g/mol. The van der Waals surface area contributed by atoms with Gasteiger partial charge in [0.1, 0.15) is 0 Å². The van der Waals surface area contributed by atoms with Gasteiger partial charge in [0.2, 0.25) is 5.91 Å². The number of nitrogens with zero attached hydrogens (tertiary/aromatic N) is 3. The van der Waals surface area contributed by atoms with Crippen LogP contribution in [0.5, 0.6) is 0 Å². The molecule has 0 aromatic carbocycles. The Hall–Kier alpha value is -1.46. The molecular formula is C18H25N3O2. The Kier molecular flexibility index (Phi) is 4.31. The van der Waals surface area contributed by atoms with E-state index in [9.17, 15) is 4.79 Å². The standard InChI is InChI=1S/C18H25N3O2/c22-18-10-17-16(21(18)13-14-4-8-23-9-5-14)3-7-20(17)12-15-2-1-6-19-11-15/h1-2,6,11,14,16-17H,3-5,7-10,12-13H2/t16-,17+/m1/s1. The van der Waals surface area contributed by atoms with E-state index in [1.807, 2.05) is 18.5 Å². The number of carbonyl (C=O) groups is 1. The zero-order chi connectivity index (χ0) is 15.6. The first-order valence-electron chi connectivity index (χ1n) is 8.81. The van der Waals surface area contributed by atoms with Crippen LogP contribution in [0.3, 0.4) is 0 Å². The lowest BCUT2D eigenvalue weighted by Gasteiger charge is -2.31.